The summed E-state index contributed by atoms with van der Waals surface area (Å²) in [6.07, 6.45) is 1.32. The zero-order valence-electron chi connectivity index (χ0n) is 12.3. The van der Waals surface area contributed by atoms with Crippen molar-refractivity contribution in [1.29, 1.82) is 0 Å². The molecule has 0 spiro atoms. The van der Waals surface area contributed by atoms with Crippen molar-refractivity contribution in [3.63, 3.8) is 0 Å². The molecule has 120 valence electrons. The molecule has 1 heterocycles. The highest BCUT2D eigenvalue weighted by Crippen LogP contribution is 2.23. The first-order valence-electron chi connectivity index (χ1n) is 6.77. The van der Waals surface area contributed by atoms with Crippen LogP contribution < -0.4 is 16.6 Å². The number of nitrogens with one attached hydrogen (secondary N) is 2. The standard InChI is InChI=1S/C15H14ClN3O4/c1-9(20)10-2-3-11(16)12(8-10)17-13(21)4-6-19-7-5-14(22)18-15(19)23/h2-3,5,7-8H,4,6H2,1H3,(H,17,21)(H,18,22,23). The van der Waals surface area contributed by atoms with Gasteiger partial charge in [-0.3, -0.25) is 19.4 Å². The lowest BCUT2D eigenvalue weighted by molar-refractivity contribution is -0.116. The second kappa shape index (κ2) is 7.06. The minimum absolute atomic E-state index is 0.00653. The van der Waals surface area contributed by atoms with Gasteiger partial charge in [0.15, 0.2) is 5.78 Å². The number of aryl methyl sites for hydroxylation is 1. The molecule has 0 aliphatic heterocycles. The summed E-state index contributed by atoms with van der Waals surface area (Å²) >= 11 is 5.98. The Balaban J connectivity index is 2.05. The number of rotatable bonds is 5. The van der Waals surface area contributed by atoms with Crippen LogP contribution in [0.15, 0.2) is 40.1 Å². The molecule has 0 aliphatic carbocycles. The minimum Gasteiger partial charge on any atom is -0.325 e. The first kappa shape index (κ1) is 16.7. The number of nitrogens with zero attached hydrogens (tertiary/aromatic N) is 1. The van der Waals surface area contributed by atoms with Crippen molar-refractivity contribution in [2.45, 2.75) is 19.9 Å². The Morgan fingerprint density at radius 1 is 1.26 bits per heavy atom. The van der Waals surface area contributed by atoms with Crippen molar-refractivity contribution in [3.05, 3.63) is 61.9 Å². The van der Waals surface area contributed by atoms with E-state index in [1.165, 1.54) is 35.9 Å². The Bertz CT molecular complexity index is 870. The lowest BCUT2D eigenvalue weighted by atomic mass is 10.1. The summed E-state index contributed by atoms with van der Waals surface area (Å²) in [5.74, 6) is -0.511. The molecule has 1 amide bonds. The van der Waals surface area contributed by atoms with Gasteiger partial charge in [0.05, 0.1) is 10.7 Å². The van der Waals surface area contributed by atoms with Crippen LogP contribution in [0.5, 0.6) is 0 Å². The Morgan fingerprint density at radius 2 is 2.00 bits per heavy atom. The molecule has 23 heavy (non-hydrogen) atoms. The van der Waals surface area contributed by atoms with Crippen LogP contribution in [0.3, 0.4) is 0 Å². The average Bonchev–Trinajstić information content (AvgIpc) is 2.48. The minimum atomic E-state index is -0.582. The molecule has 0 saturated heterocycles. The number of hydrogen-bond donors (Lipinski definition) is 2. The molecule has 8 heteroatoms. The normalized spacial score (nSPS) is 10.3. The number of ketones is 1. The highest BCUT2D eigenvalue weighted by molar-refractivity contribution is 6.33. The molecule has 1 aromatic heterocycles. The third-order valence-corrected chi connectivity index (χ3v) is 3.45. The largest absolute Gasteiger partial charge is 0.328 e. The van der Waals surface area contributed by atoms with Gasteiger partial charge in [-0.15, -0.1) is 0 Å². The summed E-state index contributed by atoms with van der Waals surface area (Å²) in [7, 11) is 0. The zero-order chi connectivity index (χ0) is 17.0. The van der Waals surface area contributed by atoms with E-state index in [0.29, 0.717) is 16.3 Å². The summed E-state index contributed by atoms with van der Waals surface area (Å²) in [5, 5.41) is 2.91. The number of anilines is 1. The number of aromatic nitrogens is 2. The summed E-state index contributed by atoms with van der Waals surface area (Å²) in [5.41, 5.74) is -0.315. The molecular formula is C15H14ClN3O4. The Kier molecular flexibility index (Phi) is 5.13. The molecule has 0 aliphatic rings. The van der Waals surface area contributed by atoms with Gasteiger partial charge in [-0.1, -0.05) is 11.6 Å². The summed E-state index contributed by atoms with van der Waals surface area (Å²) in [6.45, 7) is 1.52. The van der Waals surface area contributed by atoms with Crippen molar-refractivity contribution in [2.75, 3.05) is 5.32 Å². The molecule has 0 saturated carbocycles. The fraction of sp³-hybridized carbons (Fsp3) is 0.200. The number of benzene rings is 1. The quantitative estimate of drug-likeness (QED) is 0.807. The Labute approximate surface area is 135 Å². The molecule has 0 fully saturated rings. The maximum atomic E-state index is 12.0. The van der Waals surface area contributed by atoms with Gasteiger partial charge in [0.1, 0.15) is 0 Å². The molecule has 1 aromatic carbocycles. The predicted octanol–water partition coefficient (Wildman–Crippen LogP) is 1.42. The molecule has 2 rings (SSSR count). The molecule has 0 atom stereocenters. The van der Waals surface area contributed by atoms with Crippen LogP contribution in [-0.4, -0.2) is 21.2 Å². The number of carbonyl (C=O) groups is 2. The fourth-order valence-corrected chi connectivity index (χ4v) is 2.06. The third-order valence-electron chi connectivity index (χ3n) is 3.12. The van der Waals surface area contributed by atoms with Crippen LogP contribution in [0.1, 0.15) is 23.7 Å². The highest BCUT2D eigenvalue weighted by atomic mass is 35.5. The van der Waals surface area contributed by atoms with E-state index in [1.807, 2.05) is 0 Å². The fourth-order valence-electron chi connectivity index (χ4n) is 1.90. The van der Waals surface area contributed by atoms with Crippen LogP contribution in [0.4, 0.5) is 5.69 Å². The van der Waals surface area contributed by atoms with Crippen molar-refractivity contribution >= 4 is 29.0 Å². The number of aromatic amines is 1. The monoisotopic (exact) mass is 335 g/mol. The van der Waals surface area contributed by atoms with Crippen LogP contribution in [0, 0.1) is 0 Å². The molecule has 2 aromatic rings. The first-order chi connectivity index (χ1) is 10.9. The Morgan fingerprint density at radius 3 is 2.65 bits per heavy atom. The number of H-pyrrole nitrogens is 1. The molecule has 0 unspecified atom stereocenters. The molecule has 0 radical (unpaired) electrons. The molecule has 2 N–H and O–H groups in total. The summed E-state index contributed by atoms with van der Waals surface area (Å²) < 4.78 is 1.22. The van der Waals surface area contributed by atoms with Crippen molar-refractivity contribution in [3.8, 4) is 0 Å². The smallest absolute Gasteiger partial charge is 0.325 e. The van der Waals surface area contributed by atoms with Crippen molar-refractivity contribution in [1.82, 2.24) is 9.55 Å². The van der Waals surface area contributed by atoms with Crippen LogP contribution in [0.25, 0.3) is 0 Å². The van der Waals surface area contributed by atoms with E-state index in [-0.39, 0.29) is 24.7 Å². The van der Waals surface area contributed by atoms with Gasteiger partial charge in [0, 0.05) is 30.8 Å². The highest BCUT2D eigenvalue weighted by Gasteiger charge is 2.09. The van der Waals surface area contributed by atoms with E-state index >= 15 is 0 Å². The second-order valence-electron chi connectivity index (χ2n) is 4.85. The summed E-state index contributed by atoms with van der Waals surface area (Å²) in [6, 6.07) is 5.79. The number of halogens is 1. The topological polar surface area (TPSA) is 101 Å². The van der Waals surface area contributed by atoms with Crippen LogP contribution >= 0.6 is 11.6 Å². The van der Waals surface area contributed by atoms with E-state index in [0.717, 1.165) is 0 Å². The van der Waals surface area contributed by atoms with E-state index in [1.54, 1.807) is 6.07 Å². The SMILES string of the molecule is CC(=O)c1ccc(Cl)c(NC(=O)CCn2ccc(=O)[nH]c2=O)c1. The van der Waals surface area contributed by atoms with Crippen molar-refractivity contribution < 1.29 is 9.59 Å². The lowest BCUT2D eigenvalue weighted by Crippen LogP contribution is -2.29. The van der Waals surface area contributed by atoms with Gasteiger partial charge in [0.25, 0.3) is 5.56 Å². The summed E-state index contributed by atoms with van der Waals surface area (Å²) in [4.78, 5) is 47.9. The molecule has 7 nitrogen and oxygen atoms in total. The van der Waals surface area contributed by atoms with Gasteiger partial charge in [0.2, 0.25) is 5.91 Å². The maximum Gasteiger partial charge on any atom is 0.328 e. The number of amides is 1. The van der Waals surface area contributed by atoms with E-state index in [2.05, 4.69) is 10.3 Å². The average molecular weight is 336 g/mol. The number of Topliss-reactive ketones (excluding diaryl/α,β-unsaturated/α-hetero) is 1. The number of hydrogen-bond acceptors (Lipinski definition) is 4. The molecule has 0 bridgehead atoms. The van der Waals surface area contributed by atoms with Gasteiger partial charge in [-0.05, 0) is 25.1 Å². The van der Waals surface area contributed by atoms with Gasteiger partial charge >= 0.3 is 5.69 Å². The van der Waals surface area contributed by atoms with Crippen LogP contribution in [0.2, 0.25) is 5.02 Å². The lowest BCUT2D eigenvalue weighted by Gasteiger charge is -2.09. The van der Waals surface area contributed by atoms with Crippen LogP contribution in [-0.2, 0) is 11.3 Å². The third kappa shape index (κ3) is 4.40. The predicted molar refractivity (Wildman–Crippen MR) is 86.0 cm³/mol. The van der Waals surface area contributed by atoms with Crippen molar-refractivity contribution in [2.24, 2.45) is 0 Å². The zero-order valence-corrected chi connectivity index (χ0v) is 13.0. The first-order valence-corrected chi connectivity index (χ1v) is 7.15. The number of carbonyl (C=O) groups excluding carboxylic acids is 2. The van der Waals surface area contributed by atoms with E-state index < -0.39 is 11.2 Å². The Hall–Kier alpha value is -2.67. The van der Waals surface area contributed by atoms with E-state index in [4.69, 9.17) is 11.6 Å². The maximum absolute atomic E-state index is 12.0. The van der Waals surface area contributed by atoms with E-state index in [9.17, 15) is 19.2 Å². The van der Waals surface area contributed by atoms with Gasteiger partial charge in [-0.25, -0.2) is 4.79 Å². The molecular weight excluding hydrogens is 322 g/mol. The van der Waals surface area contributed by atoms with Gasteiger partial charge < -0.3 is 9.88 Å². The second-order valence-corrected chi connectivity index (χ2v) is 5.26. The van der Waals surface area contributed by atoms with Gasteiger partial charge in [-0.2, -0.15) is 0 Å².